The third-order valence-corrected chi connectivity index (χ3v) is 7.34. The van der Waals surface area contributed by atoms with Crippen molar-refractivity contribution in [2.75, 3.05) is 30.4 Å². The molecule has 0 saturated carbocycles. The molecule has 0 unspecified atom stereocenters. The summed E-state index contributed by atoms with van der Waals surface area (Å²) >= 11 is 3.33. The third-order valence-electron chi connectivity index (χ3n) is 4.95. The average molecular weight is 533 g/mol. The molecule has 0 heterocycles. The van der Waals surface area contributed by atoms with Gasteiger partial charge >= 0.3 is 0 Å². The highest BCUT2D eigenvalue weighted by atomic mass is 79.9. The Morgan fingerprint density at radius 3 is 2.12 bits per heavy atom. The van der Waals surface area contributed by atoms with Gasteiger partial charge in [0.25, 0.3) is 10.0 Å². The highest BCUT2D eigenvalue weighted by Crippen LogP contribution is 2.31. The minimum absolute atomic E-state index is 0.0247. The van der Waals surface area contributed by atoms with Gasteiger partial charge in [-0.2, -0.15) is 0 Å². The van der Waals surface area contributed by atoms with Crippen molar-refractivity contribution in [1.29, 1.82) is 0 Å². The second kappa shape index (κ2) is 10.3. The molecule has 0 aliphatic carbocycles. The van der Waals surface area contributed by atoms with Gasteiger partial charge in [0.15, 0.2) is 0 Å². The number of nitrogens with zero attached hydrogens (tertiary/aromatic N) is 1. The number of hydrogen-bond acceptors (Lipinski definition) is 5. The first-order valence-corrected chi connectivity index (χ1v) is 12.3. The number of aryl methyl sites for hydroxylation is 2. The summed E-state index contributed by atoms with van der Waals surface area (Å²) in [4.78, 5) is 13.0. The highest BCUT2D eigenvalue weighted by molar-refractivity contribution is 9.10. The summed E-state index contributed by atoms with van der Waals surface area (Å²) in [5.74, 6) is 0.480. The van der Waals surface area contributed by atoms with Gasteiger partial charge in [-0.3, -0.25) is 9.10 Å². The maximum absolute atomic E-state index is 13.6. The number of amides is 1. The van der Waals surface area contributed by atoms with Crippen molar-refractivity contribution in [2.45, 2.75) is 18.7 Å². The van der Waals surface area contributed by atoms with E-state index in [9.17, 15) is 13.2 Å². The fraction of sp³-hybridized carbons (Fsp3) is 0.208. The van der Waals surface area contributed by atoms with Crippen molar-refractivity contribution < 1.29 is 22.7 Å². The number of rotatable bonds is 8. The minimum Gasteiger partial charge on any atom is -0.496 e. The topological polar surface area (TPSA) is 84.9 Å². The molecule has 0 radical (unpaired) electrons. The second-order valence-electron chi connectivity index (χ2n) is 7.40. The van der Waals surface area contributed by atoms with Gasteiger partial charge in [-0.05, 0) is 77.8 Å². The molecular weight excluding hydrogens is 508 g/mol. The summed E-state index contributed by atoms with van der Waals surface area (Å²) < 4.78 is 39.3. The maximum Gasteiger partial charge on any atom is 0.264 e. The Morgan fingerprint density at radius 2 is 1.52 bits per heavy atom. The standard InChI is InChI=1S/C24H25BrN2O5S/c1-16-5-8-18(9-6-16)27(33(29,30)19-10-12-22(31-3)20(25)14-19)15-24(28)26-21-13-17(2)7-11-23(21)32-4/h5-14H,15H2,1-4H3,(H,26,28). The molecule has 0 atom stereocenters. The van der Waals surface area contributed by atoms with E-state index in [2.05, 4.69) is 21.2 Å². The van der Waals surface area contributed by atoms with Gasteiger partial charge in [0.05, 0.1) is 35.0 Å². The summed E-state index contributed by atoms with van der Waals surface area (Å²) in [6.45, 7) is 3.37. The Labute approximate surface area is 202 Å². The molecule has 3 rings (SSSR count). The van der Waals surface area contributed by atoms with Gasteiger partial charge in [-0.1, -0.05) is 23.8 Å². The number of carbonyl (C=O) groups excluding carboxylic acids is 1. The molecule has 0 aliphatic heterocycles. The Balaban J connectivity index is 1.98. The van der Waals surface area contributed by atoms with E-state index in [0.29, 0.717) is 27.3 Å². The number of sulfonamides is 1. The van der Waals surface area contributed by atoms with Gasteiger partial charge in [-0.25, -0.2) is 8.42 Å². The fourth-order valence-corrected chi connectivity index (χ4v) is 5.34. The lowest BCUT2D eigenvalue weighted by Gasteiger charge is -2.25. The zero-order valence-corrected chi connectivity index (χ0v) is 21.2. The van der Waals surface area contributed by atoms with Crippen LogP contribution in [0.2, 0.25) is 0 Å². The van der Waals surface area contributed by atoms with Crippen molar-refractivity contribution in [2.24, 2.45) is 0 Å². The number of carbonyl (C=O) groups is 1. The van der Waals surface area contributed by atoms with E-state index >= 15 is 0 Å². The summed E-state index contributed by atoms with van der Waals surface area (Å²) in [6, 6.07) is 16.8. The first-order chi connectivity index (χ1) is 15.6. The van der Waals surface area contributed by atoms with Crippen LogP contribution < -0.4 is 19.1 Å². The molecule has 9 heteroatoms. The monoisotopic (exact) mass is 532 g/mol. The largest absolute Gasteiger partial charge is 0.496 e. The summed E-state index contributed by atoms with van der Waals surface area (Å²) in [5, 5.41) is 2.77. The predicted molar refractivity (Wildman–Crippen MR) is 133 cm³/mol. The van der Waals surface area contributed by atoms with Crippen LogP contribution in [0.1, 0.15) is 11.1 Å². The average Bonchev–Trinajstić information content (AvgIpc) is 2.78. The molecule has 0 saturated heterocycles. The van der Waals surface area contributed by atoms with Gasteiger partial charge in [0, 0.05) is 0 Å². The van der Waals surface area contributed by atoms with Crippen LogP contribution in [-0.4, -0.2) is 35.1 Å². The van der Waals surface area contributed by atoms with Gasteiger partial charge < -0.3 is 14.8 Å². The van der Waals surface area contributed by atoms with Crippen LogP contribution in [0.25, 0.3) is 0 Å². The molecule has 0 bridgehead atoms. The molecule has 0 aliphatic rings. The number of halogens is 1. The molecule has 3 aromatic carbocycles. The van der Waals surface area contributed by atoms with E-state index in [1.165, 1.54) is 26.4 Å². The van der Waals surface area contributed by atoms with Crippen LogP contribution in [-0.2, 0) is 14.8 Å². The van der Waals surface area contributed by atoms with E-state index in [1.807, 2.05) is 19.9 Å². The molecule has 174 valence electrons. The molecule has 0 aromatic heterocycles. The zero-order chi connectivity index (χ0) is 24.2. The number of benzene rings is 3. The minimum atomic E-state index is -4.07. The number of nitrogens with one attached hydrogen (secondary N) is 1. The lowest BCUT2D eigenvalue weighted by Crippen LogP contribution is -2.38. The van der Waals surface area contributed by atoms with Crippen LogP contribution in [0.15, 0.2) is 70.0 Å². The number of ether oxygens (including phenoxy) is 2. The van der Waals surface area contributed by atoms with Crippen molar-refractivity contribution in [1.82, 2.24) is 0 Å². The Bertz CT molecular complexity index is 1260. The van der Waals surface area contributed by atoms with Crippen LogP contribution in [0.3, 0.4) is 0 Å². The SMILES string of the molecule is COc1ccc(S(=O)(=O)N(CC(=O)Nc2cc(C)ccc2OC)c2ccc(C)cc2)cc1Br. The number of anilines is 2. The second-order valence-corrected chi connectivity index (χ2v) is 10.1. The fourth-order valence-electron chi connectivity index (χ4n) is 3.20. The van der Waals surface area contributed by atoms with Crippen LogP contribution >= 0.6 is 15.9 Å². The Morgan fingerprint density at radius 1 is 0.909 bits per heavy atom. The van der Waals surface area contributed by atoms with Gasteiger partial charge in [0.2, 0.25) is 5.91 Å². The van der Waals surface area contributed by atoms with Crippen LogP contribution in [0.5, 0.6) is 11.5 Å². The molecule has 1 N–H and O–H groups in total. The Kier molecular flexibility index (Phi) is 7.65. The van der Waals surface area contributed by atoms with E-state index in [-0.39, 0.29) is 4.90 Å². The van der Waals surface area contributed by atoms with E-state index in [1.54, 1.807) is 42.5 Å². The van der Waals surface area contributed by atoms with Crippen molar-refractivity contribution in [3.63, 3.8) is 0 Å². The smallest absolute Gasteiger partial charge is 0.264 e. The quantitative estimate of drug-likeness (QED) is 0.445. The lowest BCUT2D eigenvalue weighted by atomic mass is 10.2. The summed E-state index contributed by atoms with van der Waals surface area (Å²) in [7, 11) is -1.07. The summed E-state index contributed by atoms with van der Waals surface area (Å²) in [6.07, 6.45) is 0. The molecule has 3 aromatic rings. The highest BCUT2D eigenvalue weighted by Gasteiger charge is 2.28. The lowest BCUT2D eigenvalue weighted by molar-refractivity contribution is -0.114. The molecule has 33 heavy (non-hydrogen) atoms. The van der Waals surface area contributed by atoms with Crippen molar-refractivity contribution in [3.05, 3.63) is 76.3 Å². The van der Waals surface area contributed by atoms with Gasteiger partial charge in [0.1, 0.15) is 18.0 Å². The normalized spacial score (nSPS) is 11.1. The molecule has 0 spiro atoms. The first-order valence-electron chi connectivity index (χ1n) is 10.0. The molecule has 7 nitrogen and oxygen atoms in total. The van der Waals surface area contributed by atoms with E-state index < -0.39 is 22.5 Å². The summed E-state index contributed by atoms with van der Waals surface area (Å²) in [5.41, 5.74) is 2.74. The molecule has 1 amide bonds. The van der Waals surface area contributed by atoms with Crippen LogP contribution in [0, 0.1) is 13.8 Å². The van der Waals surface area contributed by atoms with E-state index in [0.717, 1.165) is 15.4 Å². The predicted octanol–water partition coefficient (Wildman–Crippen LogP) is 4.92. The first kappa shape index (κ1) is 24.6. The number of hydrogen-bond donors (Lipinski definition) is 1. The van der Waals surface area contributed by atoms with Crippen molar-refractivity contribution in [3.8, 4) is 11.5 Å². The maximum atomic E-state index is 13.6. The van der Waals surface area contributed by atoms with Crippen LogP contribution in [0.4, 0.5) is 11.4 Å². The molecular formula is C24H25BrN2O5S. The third kappa shape index (κ3) is 5.66. The van der Waals surface area contributed by atoms with Crippen molar-refractivity contribution >= 4 is 43.2 Å². The Hall–Kier alpha value is -3.04. The molecule has 0 fully saturated rings. The van der Waals surface area contributed by atoms with Gasteiger partial charge in [-0.15, -0.1) is 0 Å². The number of methoxy groups -OCH3 is 2. The van der Waals surface area contributed by atoms with E-state index in [4.69, 9.17) is 9.47 Å². The zero-order valence-electron chi connectivity index (χ0n) is 18.8.